The summed E-state index contributed by atoms with van der Waals surface area (Å²) in [6, 6.07) is 11.8. The molecule has 0 atom stereocenters. The number of nitrogens with zero attached hydrogens (tertiary/aromatic N) is 6. The van der Waals surface area contributed by atoms with Gasteiger partial charge in [-0.3, -0.25) is 0 Å². The highest BCUT2D eigenvalue weighted by Gasteiger charge is 2.15. The number of hydrogen-bond donors (Lipinski definition) is 1. The number of nitrogen functional groups attached to an aromatic ring is 1. The molecule has 152 valence electrons. The number of anilines is 2. The van der Waals surface area contributed by atoms with Gasteiger partial charge in [-0.2, -0.15) is 0 Å². The molecule has 9 heteroatoms. The average Bonchev–Trinajstić information content (AvgIpc) is 2.77. The molecule has 0 unspecified atom stereocenters. The summed E-state index contributed by atoms with van der Waals surface area (Å²) in [7, 11) is 3.59. The molecule has 0 spiro atoms. The van der Waals surface area contributed by atoms with Crippen molar-refractivity contribution in [2.75, 3.05) is 37.9 Å². The smallest absolute Gasteiger partial charge is 0.225 e. The number of pyridine rings is 1. The van der Waals surface area contributed by atoms with E-state index in [2.05, 4.69) is 30.9 Å². The molecule has 0 aliphatic rings. The van der Waals surface area contributed by atoms with E-state index in [0.717, 1.165) is 15.6 Å². The molecule has 3 aromatic heterocycles. The molecule has 0 bridgehead atoms. The van der Waals surface area contributed by atoms with Gasteiger partial charge in [0.15, 0.2) is 5.65 Å². The van der Waals surface area contributed by atoms with Crippen molar-refractivity contribution in [3.05, 3.63) is 53.4 Å². The maximum absolute atomic E-state index is 6.18. The summed E-state index contributed by atoms with van der Waals surface area (Å²) in [5, 5.41) is 0.714. The van der Waals surface area contributed by atoms with E-state index >= 15 is 0 Å². The Labute approximate surface area is 182 Å². The van der Waals surface area contributed by atoms with Gasteiger partial charge in [-0.1, -0.05) is 28.1 Å². The number of aromatic nitrogens is 5. The number of nitrogens with two attached hydrogens (primary N) is 1. The van der Waals surface area contributed by atoms with E-state index < -0.39 is 0 Å². The Morgan fingerprint density at radius 1 is 1.07 bits per heavy atom. The molecule has 0 amide bonds. The monoisotopic (exact) mass is 465 g/mol. The fourth-order valence-corrected chi connectivity index (χ4v) is 3.51. The molecule has 1 aromatic carbocycles. The topological polar surface area (TPSA) is 103 Å². The molecule has 4 aromatic rings. The summed E-state index contributed by atoms with van der Waals surface area (Å²) in [5.41, 5.74) is 9.94. The van der Waals surface area contributed by atoms with Gasteiger partial charge < -0.3 is 15.4 Å². The van der Waals surface area contributed by atoms with Gasteiger partial charge in [-0.05, 0) is 35.4 Å². The van der Waals surface area contributed by atoms with Crippen LogP contribution in [-0.2, 0) is 4.74 Å². The van der Waals surface area contributed by atoms with Crippen molar-refractivity contribution in [3.8, 4) is 22.5 Å². The lowest BCUT2D eigenvalue weighted by Crippen LogP contribution is -2.24. The van der Waals surface area contributed by atoms with Crippen LogP contribution in [0.3, 0.4) is 0 Å². The molecule has 0 radical (unpaired) electrons. The zero-order valence-corrected chi connectivity index (χ0v) is 18.2. The zero-order valence-electron chi connectivity index (χ0n) is 16.6. The van der Waals surface area contributed by atoms with Crippen molar-refractivity contribution in [2.24, 2.45) is 0 Å². The Balaban J connectivity index is 1.87. The first-order valence-electron chi connectivity index (χ1n) is 9.27. The van der Waals surface area contributed by atoms with Crippen molar-refractivity contribution < 1.29 is 4.74 Å². The maximum Gasteiger partial charge on any atom is 0.225 e. The summed E-state index contributed by atoms with van der Waals surface area (Å²) in [5.74, 6) is 0.981. The average molecular weight is 466 g/mol. The van der Waals surface area contributed by atoms with Crippen molar-refractivity contribution in [2.45, 2.75) is 0 Å². The lowest BCUT2D eigenvalue weighted by Gasteiger charge is -2.17. The van der Waals surface area contributed by atoms with Crippen molar-refractivity contribution >= 4 is 38.7 Å². The van der Waals surface area contributed by atoms with Gasteiger partial charge in [0.1, 0.15) is 12.1 Å². The van der Waals surface area contributed by atoms with Crippen LogP contribution in [0.4, 0.5) is 11.8 Å². The normalized spacial score (nSPS) is 11.0. The van der Waals surface area contributed by atoms with Crippen LogP contribution in [0.1, 0.15) is 0 Å². The molecule has 3 heterocycles. The lowest BCUT2D eigenvalue weighted by molar-refractivity contribution is 0.206. The van der Waals surface area contributed by atoms with E-state index in [1.165, 1.54) is 6.33 Å². The molecule has 0 aliphatic carbocycles. The van der Waals surface area contributed by atoms with Crippen LogP contribution < -0.4 is 10.6 Å². The molecule has 0 saturated heterocycles. The van der Waals surface area contributed by atoms with Crippen LogP contribution in [0.2, 0.25) is 0 Å². The predicted molar refractivity (Wildman–Crippen MR) is 121 cm³/mol. The number of methoxy groups -OCH3 is 1. The first kappa shape index (κ1) is 20.1. The number of likely N-dealkylation sites (N-methyl/N-ethyl adjacent to an activating group) is 1. The van der Waals surface area contributed by atoms with Gasteiger partial charge >= 0.3 is 0 Å². The molecule has 30 heavy (non-hydrogen) atoms. The summed E-state index contributed by atoms with van der Waals surface area (Å²) < 4.78 is 6.11. The van der Waals surface area contributed by atoms with E-state index in [-0.39, 0.29) is 0 Å². The van der Waals surface area contributed by atoms with Gasteiger partial charge in [-0.15, -0.1) is 0 Å². The summed E-state index contributed by atoms with van der Waals surface area (Å²) in [6.45, 7) is 1.26. The molecule has 4 rings (SSSR count). The molecular weight excluding hydrogens is 446 g/mol. The number of rotatable bonds is 6. The number of ether oxygens (including phenoxy) is 1. The van der Waals surface area contributed by atoms with Crippen molar-refractivity contribution in [1.29, 1.82) is 0 Å². The third-order valence-corrected chi connectivity index (χ3v) is 5.14. The zero-order chi connectivity index (χ0) is 21.1. The van der Waals surface area contributed by atoms with Crippen LogP contribution in [-0.4, -0.2) is 52.2 Å². The minimum absolute atomic E-state index is 0.386. The Morgan fingerprint density at radius 3 is 2.73 bits per heavy atom. The molecule has 0 saturated carbocycles. The number of fused-ring (bicyclic) bond motifs is 1. The fourth-order valence-electron chi connectivity index (χ4n) is 3.11. The Morgan fingerprint density at radius 2 is 1.93 bits per heavy atom. The number of hydrogen-bond acceptors (Lipinski definition) is 8. The largest absolute Gasteiger partial charge is 0.383 e. The maximum atomic E-state index is 6.18. The van der Waals surface area contributed by atoms with E-state index in [4.69, 9.17) is 20.4 Å². The van der Waals surface area contributed by atoms with Crippen LogP contribution in [0.5, 0.6) is 0 Å². The standard InChI is InChI=1S/C21H20BrN7O/c1-29(8-9-30-2)21-24-7-6-16(28-21)17-11-15(13-4-3-5-14(22)10-13)18-19(23)25-12-26-20(18)27-17/h3-7,10-12H,8-9H2,1-2H3,(H2,23,25,26,27). The lowest BCUT2D eigenvalue weighted by atomic mass is 10.0. The number of halogens is 1. The van der Waals surface area contributed by atoms with Gasteiger partial charge in [0.25, 0.3) is 0 Å². The Hall–Kier alpha value is -3.17. The third-order valence-electron chi connectivity index (χ3n) is 4.65. The van der Waals surface area contributed by atoms with Gasteiger partial charge in [0.05, 0.1) is 23.4 Å². The van der Waals surface area contributed by atoms with Crippen LogP contribution in [0.15, 0.2) is 53.4 Å². The van der Waals surface area contributed by atoms with Crippen molar-refractivity contribution in [3.63, 3.8) is 0 Å². The van der Waals surface area contributed by atoms with Crippen LogP contribution >= 0.6 is 15.9 Å². The highest BCUT2D eigenvalue weighted by atomic mass is 79.9. The quantitative estimate of drug-likeness (QED) is 0.460. The minimum Gasteiger partial charge on any atom is -0.383 e. The van der Waals surface area contributed by atoms with E-state index in [1.807, 2.05) is 48.3 Å². The van der Waals surface area contributed by atoms with Crippen LogP contribution in [0, 0.1) is 0 Å². The first-order valence-corrected chi connectivity index (χ1v) is 10.1. The van der Waals surface area contributed by atoms with Gasteiger partial charge in [-0.25, -0.2) is 24.9 Å². The van der Waals surface area contributed by atoms with E-state index in [0.29, 0.717) is 47.3 Å². The van der Waals surface area contributed by atoms with Gasteiger partial charge in [0, 0.05) is 31.4 Å². The van der Waals surface area contributed by atoms with Crippen molar-refractivity contribution in [1.82, 2.24) is 24.9 Å². The highest BCUT2D eigenvalue weighted by molar-refractivity contribution is 9.10. The summed E-state index contributed by atoms with van der Waals surface area (Å²) in [4.78, 5) is 24.2. The summed E-state index contributed by atoms with van der Waals surface area (Å²) in [6.07, 6.45) is 3.14. The highest BCUT2D eigenvalue weighted by Crippen LogP contribution is 2.34. The second kappa shape index (κ2) is 8.68. The van der Waals surface area contributed by atoms with E-state index in [1.54, 1.807) is 13.3 Å². The first-order chi connectivity index (χ1) is 14.6. The minimum atomic E-state index is 0.386. The molecule has 8 nitrogen and oxygen atoms in total. The Bertz CT molecular complexity index is 1200. The van der Waals surface area contributed by atoms with E-state index in [9.17, 15) is 0 Å². The fraction of sp³-hybridized carbons (Fsp3) is 0.190. The van der Waals surface area contributed by atoms with Crippen LogP contribution in [0.25, 0.3) is 33.5 Å². The second-order valence-electron chi connectivity index (χ2n) is 6.68. The predicted octanol–water partition coefficient (Wildman–Crippen LogP) is 3.58. The van der Waals surface area contributed by atoms with Gasteiger partial charge in [0.2, 0.25) is 5.95 Å². The number of benzene rings is 1. The molecular formula is C21H20BrN7O. The SMILES string of the molecule is COCCN(C)c1nccc(-c2cc(-c3cccc(Br)c3)c3c(N)ncnc3n2)n1. The third kappa shape index (κ3) is 4.07. The second-order valence-corrected chi connectivity index (χ2v) is 7.59. The molecule has 0 aliphatic heterocycles. The summed E-state index contributed by atoms with van der Waals surface area (Å²) >= 11 is 3.54. The molecule has 2 N–H and O–H groups in total. The Kier molecular flexibility index (Phi) is 5.82. The molecule has 0 fully saturated rings.